The van der Waals surface area contributed by atoms with Gasteiger partial charge in [0.15, 0.2) is 17.5 Å². The number of rotatable bonds is 6. The van der Waals surface area contributed by atoms with Crippen LogP contribution in [0.15, 0.2) is 229 Å². The Morgan fingerprint density at radius 1 is 0.314 bits per heavy atom. The number of aromatic nitrogens is 5. The van der Waals surface area contributed by atoms with Gasteiger partial charge in [-0.2, -0.15) is 0 Å². The Morgan fingerprint density at radius 3 is 1.69 bits per heavy atom. The molecule has 10 aromatic carbocycles. The van der Waals surface area contributed by atoms with E-state index in [2.05, 4.69) is 209 Å². The van der Waals surface area contributed by atoms with Crippen LogP contribution in [0.25, 0.3) is 142 Å². The van der Waals surface area contributed by atoms with Crippen molar-refractivity contribution >= 4 is 97.1 Å². The fraction of sp³-hybridized carbons (Fsp3) is 0. The third-order valence-electron chi connectivity index (χ3n) is 14.0. The first-order valence-electron chi connectivity index (χ1n) is 23.5. The zero-order valence-corrected chi connectivity index (χ0v) is 38.2. The van der Waals surface area contributed by atoms with Crippen LogP contribution in [0, 0.1) is 0 Å². The van der Waals surface area contributed by atoms with Crippen LogP contribution in [0.4, 0.5) is 0 Å². The van der Waals surface area contributed by atoms with Gasteiger partial charge in [-0.1, -0.05) is 152 Å². The first-order chi connectivity index (χ1) is 34.7. The Kier molecular flexibility index (Phi) is 8.43. The topological polar surface area (TPSA) is 61.7 Å². The van der Waals surface area contributed by atoms with Crippen LogP contribution in [0.1, 0.15) is 0 Å². The predicted octanol–water partition coefficient (Wildman–Crippen LogP) is 17.0. The van der Waals surface area contributed by atoms with E-state index in [0.29, 0.717) is 17.5 Å². The average Bonchev–Trinajstić information content (AvgIpc) is 4.18. The fourth-order valence-electron chi connectivity index (χ4n) is 10.8. The summed E-state index contributed by atoms with van der Waals surface area (Å²) in [6, 6.07) is 79.9. The summed E-state index contributed by atoms with van der Waals surface area (Å²) in [7, 11) is 0. The van der Waals surface area contributed by atoms with E-state index in [4.69, 9.17) is 19.4 Å². The molecule has 0 spiro atoms. The number of benzene rings is 10. The summed E-state index contributed by atoms with van der Waals surface area (Å²) in [5.74, 6) is 1.80. The summed E-state index contributed by atoms with van der Waals surface area (Å²) in [4.78, 5) is 15.9. The Balaban J connectivity index is 0.968. The van der Waals surface area contributed by atoms with Crippen LogP contribution in [-0.2, 0) is 0 Å². The Bertz CT molecular complexity index is 4610. The van der Waals surface area contributed by atoms with Gasteiger partial charge in [0.1, 0.15) is 11.2 Å². The van der Waals surface area contributed by atoms with E-state index in [9.17, 15) is 0 Å². The molecule has 70 heavy (non-hydrogen) atoms. The normalized spacial score (nSPS) is 12.0. The number of nitrogens with zero attached hydrogens (tertiary/aromatic N) is 5. The molecule has 0 aliphatic rings. The Morgan fingerprint density at radius 2 is 0.871 bits per heavy atom. The van der Waals surface area contributed by atoms with Gasteiger partial charge in [-0.25, -0.2) is 15.0 Å². The highest BCUT2D eigenvalue weighted by atomic mass is 32.1. The lowest BCUT2D eigenvalue weighted by atomic mass is 10.1. The van der Waals surface area contributed by atoms with Crippen molar-refractivity contribution in [3.8, 4) is 56.7 Å². The van der Waals surface area contributed by atoms with Crippen LogP contribution in [-0.4, -0.2) is 24.1 Å². The number of thiophene rings is 1. The van der Waals surface area contributed by atoms with Gasteiger partial charge in [-0.3, -0.25) is 0 Å². The number of hydrogen-bond donors (Lipinski definition) is 0. The molecule has 15 rings (SSSR count). The zero-order valence-electron chi connectivity index (χ0n) is 37.4. The molecule has 5 heterocycles. The van der Waals surface area contributed by atoms with Crippen molar-refractivity contribution in [2.24, 2.45) is 0 Å². The first-order valence-corrected chi connectivity index (χ1v) is 24.3. The van der Waals surface area contributed by atoms with E-state index < -0.39 is 0 Å². The van der Waals surface area contributed by atoms with Gasteiger partial charge in [-0.15, -0.1) is 11.3 Å². The smallest absolute Gasteiger partial charge is 0.164 e. The minimum absolute atomic E-state index is 0.594. The molecule has 6 nitrogen and oxygen atoms in total. The summed E-state index contributed by atoms with van der Waals surface area (Å²) in [5, 5.41) is 9.26. The zero-order chi connectivity index (χ0) is 45.9. The van der Waals surface area contributed by atoms with Crippen molar-refractivity contribution in [3.63, 3.8) is 0 Å². The standard InChI is InChI=1S/C63H37N5OS/c1-2-14-38(15-3-1)39-16-12-17-43(34-39)67-52-23-8-5-19-45(52)50-22-13-25-54(60(50)67)68-53-24-9-4-18-44(53)46-31-28-41(36-55(46)68)62-64-61(40-30-33-57-51(35-40)47-20-6-10-26-56(47)69-57)65-63(66-62)42-29-32-49-48-21-7-11-27-58(48)70-59(49)37-42/h1-37H. The van der Waals surface area contributed by atoms with Crippen LogP contribution in [0.2, 0.25) is 0 Å². The van der Waals surface area contributed by atoms with Gasteiger partial charge >= 0.3 is 0 Å². The molecule has 0 unspecified atom stereocenters. The van der Waals surface area contributed by atoms with Gasteiger partial charge in [0.05, 0.1) is 27.8 Å². The quantitative estimate of drug-likeness (QED) is 0.167. The molecule has 0 atom stereocenters. The summed E-state index contributed by atoms with van der Waals surface area (Å²) in [6.45, 7) is 0. The van der Waals surface area contributed by atoms with Crippen molar-refractivity contribution in [1.82, 2.24) is 24.1 Å². The summed E-state index contributed by atoms with van der Waals surface area (Å²) < 4.78 is 13.6. The van der Waals surface area contributed by atoms with Crippen molar-refractivity contribution in [2.45, 2.75) is 0 Å². The molecule has 0 fully saturated rings. The van der Waals surface area contributed by atoms with Crippen molar-refractivity contribution in [3.05, 3.63) is 224 Å². The molecule has 0 N–H and O–H groups in total. The maximum absolute atomic E-state index is 6.25. The molecule has 326 valence electrons. The minimum Gasteiger partial charge on any atom is -0.456 e. The van der Waals surface area contributed by atoms with E-state index in [-0.39, 0.29) is 0 Å². The van der Waals surface area contributed by atoms with E-state index >= 15 is 0 Å². The molecule has 0 radical (unpaired) electrons. The van der Waals surface area contributed by atoms with Crippen LogP contribution >= 0.6 is 11.3 Å². The summed E-state index contributed by atoms with van der Waals surface area (Å²) in [5.41, 5.74) is 13.4. The molecular weight excluding hydrogens is 875 g/mol. The SMILES string of the molecule is c1ccc(-c2cccc(-n3c4ccccc4c4cccc(-n5c6ccccc6c6ccc(-c7nc(-c8ccc9c(c8)sc8ccccc89)nc(-c8ccc9oc%10ccccc%10c9c8)n7)cc65)c43)c2)cc1. The van der Waals surface area contributed by atoms with Gasteiger partial charge in [0.25, 0.3) is 0 Å². The molecule has 0 saturated heterocycles. The lowest BCUT2D eigenvalue weighted by Crippen LogP contribution is -2.02. The number of hydrogen-bond acceptors (Lipinski definition) is 5. The fourth-order valence-corrected chi connectivity index (χ4v) is 11.9. The van der Waals surface area contributed by atoms with Crippen LogP contribution in [0.3, 0.4) is 0 Å². The molecule has 15 aromatic rings. The van der Waals surface area contributed by atoms with Gasteiger partial charge < -0.3 is 13.6 Å². The lowest BCUT2D eigenvalue weighted by Gasteiger charge is -2.15. The maximum atomic E-state index is 6.25. The number of furan rings is 1. The largest absolute Gasteiger partial charge is 0.456 e. The van der Waals surface area contributed by atoms with E-state index in [1.165, 1.54) is 47.5 Å². The molecule has 0 aliphatic heterocycles. The predicted molar refractivity (Wildman–Crippen MR) is 290 cm³/mol. The Hall–Kier alpha value is -9.17. The molecule has 0 amide bonds. The second-order valence-electron chi connectivity index (χ2n) is 18.0. The Labute approximate surface area is 404 Å². The number of fused-ring (bicyclic) bond motifs is 12. The monoisotopic (exact) mass is 911 g/mol. The van der Waals surface area contributed by atoms with Gasteiger partial charge in [0.2, 0.25) is 0 Å². The summed E-state index contributed by atoms with van der Waals surface area (Å²) in [6.07, 6.45) is 0. The highest BCUT2D eigenvalue weighted by Gasteiger charge is 2.22. The van der Waals surface area contributed by atoms with E-state index in [1.807, 2.05) is 24.3 Å². The second kappa shape index (κ2) is 15.2. The third kappa shape index (κ3) is 5.95. The highest BCUT2D eigenvalue weighted by Crippen LogP contribution is 2.42. The number of para-hydroxylation sites is 4. The molecule has 0 saturated carbocycles. The first kappa shape index (κ1) is 38.9. The highest BCUT2D eigenvalue weighted by molar-refractivity contribution is 7.25. The van der Waals surface area contributed by atoms with Crippen LogP contribution in [0.5, 0.6) is 0 Å². The van der Waals surface area contributed by atoms with Crippen molar-refractivity contribution in [2.75, 3.05) is 0 Å². The minimum atomic E-state index is 0.594. The maximum Gasteiger partial charge on any atom is 0.164 e. The van der Waals surface area contributed by atoms with Crippen LogP contribution < -0.4 is 0 Å². The van der Waals surface area contributed by atoms with Gasteiger partial charge in [0, 0.05) is 74.9 Å². The second-order valence-corrected chi connectivity index (χ2v) is 19.0. The molecule has 5 aromatic heterocycles. The third-order valence-corrected chi connectivity index (χ3v) is 15.1. The van der Waals surface area contributed by atoms with Gasteiger partial charge in [-0.05, 0) is 83.9 Å². The summed E-state index contributed by atoms with van der Waals surface area (Å²) >= 11 is 1.79. The molecular formula is C63H37N5OS. The molecule has 0 aliphatic carbocycles. The van der Waals surface area contributed by atoms with E-state index in [0.717, 1.165) is 77.5 Å². The molecule has 0 bridgehead atoms. The van der Waals surface area contributed by atoms with Crippen molar-refractivity contribution < 1.29 is 4.42 Å². The molecule has 7 heteroatoms. The van der Waals surface area contributed by atoms with Crippen molar-refractivity contribution in [1.29, 1.82) is 0 Å². The lowest BCUT2D eigenvalue weighted by molar-refractivity contribution is 0.669. The van der Waals surface area contributed by atoms with E-state index in [1.54, 1.807) is 11.3 Å². The average molecular weight is 912 g/mol.